The number of aryl methyl sites for hydroxylation is 1. The van der Waals surface area contributed by atoms with E-state index in [0.717, 1.165) is 30.9 Å². The number of aromatic nitrogens is 1. The molecule has 2 heterocycles. The molecule has 4 nitrogen and oxygen atoms in total. The molecule has 0 spiro atoms. The predicted octanol–water partition coefficient (Wildman–Crippen LogP) is 1.67. The number of hydrogen-bond donors (Lipinski definition) is 1. The normalized spacial score (nSPS) is 19.3. The zero-order valence-electron chi connectivity index (χ0n) is 8.64. The highest BCUT2D eigenvalue weighted by atomic mass is 32.1. The lowest BCUT2D eigenvalue weighted by molar-refractivity contribution is -0.143. The zero-order valence-corrected chi connectivity index (χ0v) is 9.46. The third-order valence-electron chi connectivity index (χ3n) is 2.66. The minimum atomic E-state index is -0.790. The average Bonchev–Trinajstić information content (AvgIpc) is 2.77. The Morgan fingerprint density at radius 2 is 2.27 bits per heavy atom. The summed E-state index contributed by atoms with van der Waals surface area (Å²) in [6, 6.07) is -0.544. The van der Waals surface area contributed by atoms with Crippen LogP contribution < -0.4 is 0 Å². The van der Waals surface area contributed by atoms with E-state index in [-0.39, 0.29) is 0 Å². The Labute approximate surface area is 92.6 Å². The first-order chi connectivity index (χ1) is 7.18. The first-order valence-corrected chi connectivity index (χ1v) is 5.95. The van der Waals surface area contributed by atoms with Gasteiger partial charge in [0, 0.05) is 5.38 Å². The molecule has 0 radical (unpaired) electrons. The van der Waals surface area contributed by atoms with E-state index >= 15 is 0 Å². The number of carbonyl (C=O) groups is 1. The van der Waals surface area contributed by atoms with E-state index in [2.05, 4.69) is 4.98 Å². The molecule has 1 fully saturated rings. The molecule has 1 aromatic heterocycles. The lowest BCUT2D eigenvalue weighted by Crippen LogP contribution is -2.31. The van der Waals surface area contributed by atoms with Crippen molar-refractivity contribution in [2.75, 3.05) is 13.1 Å². The maximum Gasteiger partial charge on any atom is 0.327 e. The fourth-order valence-electron chi connectivity index (χ4n) is 1.98. The molecule has 82 valence electrons. The van der Waals surface area contributed by atoms with Crippen LogP contribution in [0.1, 0.15) is 29.6 Å². The maximum atomic E-state index is 11.2. The monoisotopic (exact) mass is 226 g/mol. The molecule has 0 aromatic carbocycles. The topological polar surface area (TPSA) is 53.4 Å². The molecule has 5 heteroatoms. The van der Waals surface area contributed by atoms with E-state index in [1.807, 2.05) is 17.2 Å². The van der Waals surface area contributed by atoms with Crippen molar-refractivity contribution in [3.63, 3.8) is 0 Å². The third-order valence-corrected chi connectivity index (χ3v) is 3.45. The molecular formula is C10H14N2O2S. The molecule has 15 heavy (non-hydrogen) atoms. The Kier molecular flexibility index (Phi) is 3.02. The van der Waals surface area contributed by atoms with Crippen molar-refractivity contribution in [1.29, 1.82) is 0 Å². The summed E-state index contributed by atoms with van der Waals surface area (Å²) in [5.41, 5.74) is 0.687. The van der Waals surface area contributed by atoms with Crippen LogP contribution in [0.3, 0.4) is 0 Å². The summed E-state index contributed by atoms with van der Waals surface area (Å²) < 4.78 is 0. The van der Waals surface area contributed by atoms with Crippen molar-refractivity contribution in [3.8, 4) is 0 Å². The predicted molar refractivity (Wildman–Crippen MR) is 58.0 cm³/mol. The lowest BCUT2D eigenvalue weighted by atomic mass is 10.2. The van der Waals surface area contributed by atoms with Gasteiger partial charge >= 0.3 is 5.97 Å². The molecule has 0 aliphatic carbocycles. The van der Waals surface area contributed by atoms with Crippen LogP contribution in [-0.2, 0) is 4.79 Å². The van der Waals surface area contributed by atoms with Gasteiger partial charge in [-0.15, -0.1) is 11.3 Å². The highest BCUT2D eigenvalue weighted by Gasteiger charge is 2.30. The van der Waals surface area contributed by atoms with Gasteiger partial charge in [-0.1, -0.05) is 0 Å². The van der Waals surface area contributed by atoms with Crippen LogP contribution >= 0.6 is 11.3 Å². The number of carboxylic acids is 1. The van der Waals surface area contributed by atoms with Gasteiger partial charge in [0.05, 0.1) is 10.7 Å². The van der Waals surface area contributed by atoms with Crippen molar-refractivity contribution in [2.45, 2.75) is 25.8 Å². The van der Waals surface area contributed by atoms with E-state index < -0.39 is 12.0 Å². The fraction of sp³-hybridized carbons (Fsp3) is 0.600. The second-order valence-electron chi connectivity index (χ2n) is 3.78. The molecule has 2 rings (SSSR count). The number of thiazole rings is 1. The smallest absolute Gasteiger partial charge is 0.327 e. The fourth-order valence-corrected chi connectivity index (χ4v) is 2.61. The van der Waals surface area contributed by atoms with Gasteiger partial charge in [0.1, 0.15) is 0 Å². The molecular weight excluding hydrogens is 212 g/mol. The van der Waals surface area contributed by atoms with Crippen LogP contribution in [0.5, 0.6) is 0 Å². The first-order valence-electron chi connectivity index (χ1n) is 5.07. The Balaban J connectivity index is 2.22. The molecule has 0 amide bonds. The quantitative estimate of drug-likeness (QED) is 0.852. The van der Waals surface area contributed by atoms with Gasteiger partial charge in [-0.2, -0.15) is 0 Å². The number of hydrogen-bond acceptors (Lipinski definition) is 4. The second kappa shape index (κ2) is 4.28. The summed E-state index contributed by atoms with van der Waals surface area (Å²) in [4.78, 5) is 17.5. The number of carboxylic acid groups (broad SMARTS) is 1. The van der Waals surface area contributed by atoms with Gasteiger partial charge in [0.25, 0.3) is 0 Å². The van der Waals surface area contributed by atoms with E-state index in [1.54, 1.807) is 0 Å². The minimum absolute atomic E-state index is 0.544. The van der Waals surface area contributed by atoms with Crippen molar-refractivity contribution >= 4 is 17.3 Å². The SMILES string of the molecule is Cc1nc(C(C(=O)O)N2CCCC2)cs1. The van der Waals surface area contributed by atoms with Gasteiger partial charge in [0.2, 0.25) is 0 Å². The highest BCUT2D eigenvalue weighted by molar-refractivity contribution is 7.09. The summed E-state index contributed by atoms with van der Waals surface area (Å²) in [6.07, 6.45) is 2.18. The van der Waals surface area contributed by atoms with E-state index in [9.17, 15) is 9.90 Å². The Morgan fingerprint density at radius 1 is 1.60 bits per heavy atom. The van der Waals surface area contributed by atoms with Gasteiger partial charge in [-0.3, -0.25) is 9.69 Å². The van der Waals surface area contributed by atoms with Crippen molar-refractivity contribution < 1.29 is 9.90 Å². The second-order valence-corrected chi connectivity index (χ2v) is 4.84. The third kappa shape index (κ3) is 2.18. The Morgan fingerprint density at radius 3 is 2.73 bits per heavy atom. The van der Waals surface area contributed by atoms with Crippen molar-refractivity contribution in [3.05, 3.63) is 16.1 Å². The van der Waals surface area contributed by atoms with Crippen LogP contribution in [-0.4, -0.2) is 34.0 Å². The molecule has 1 unspecified atom stereocenters. The van der Waals surface area contributed by atoms with Gasteiger partial charge in [0.15, 0.2) is 6.04 Å². The molecule has 1 aliphatic rings. The molecule has 0 saturated carbocycles. The standard InChI is InChI=1S/C10H14N2O2S/c1-7-11-8(6-15-7)9(10(13)14)12-4-2-3-5-12/h6,9H,2-5H2,1H3,(H,13,14). The van der Waals surface area contributed by atoms with Crippen LogP contribution in [0.2, 0.25) is 0 Å². The number of likely N-dealkylation sites (tertiary alicyclic amines) is 1. The van der Waals surface area contributed by atoms with Crippen LogP contribution in [0.4, 0.5) is 0 Å². The largest absolute Gasteiger partial charge is 0.480 e. The Bertz CT molecular complexity index is 358. The van der Waals surface area contributed by atoms with E-state index in [4.69, 9.17) is 0 Å². The van der Waals surface area contributed by atoms with Gasteiger partial charge in [-0.05, 0) is 32.9 Å². The highest BCUT2D eigenvalue weighted by Crippen LogP contribution is 2.26. The summed E-state index contributed by atoms with van der Waals surface area (Å²) in [6.45, 7) is 3.64. The summed E-state index contributed by atoms with van der Waals surface area (Å²) in [5.74, 6) is -0.790. The van der Waals surface area contributed by atoms with Gasteiger partial charge < -0.3 is 5.11 Å². The average molecular weight is 226 g/mol. The summed E-state index contributed by atoms with van der Waals surface area (Å²) in [5, 5.41) is 12.0. The summed E-state index contributed by atoms with van der Waals surface area (Å²) >= 11 is 1.51. The molecule has 1 aliphatic heterocycles. The van der Waals surface area contributed by atoms with Crippen LogP contribution in [0.25, 0.3) is 0 Å². The Hall–Kier alpha value is -0.940. The van der Waals surface area contributed by atoms with Crippen LogP contribution in [0.15, 0.2) is 5.38 Å². The van der Waals surface area contributed by atoms with Crippen molar-refractivity contribution in [2.24, 2.45) is 0 Å². The molecule has 1 aromatic rings. The molecule has 0 bridgehead atoms. The molecule has 1 saturated heterocycles. The molecule has 1 N–H and O–H groups in total. The van der Waals surface area contributed by atoms with Crippen LogP contribution in [0, 0.1) is 6.92 Å². The minimum Gasteiger partial charge on any atom is -0.480 e. The number of aliphatic carboxylic acids is 1. The zero-order chi connectivity index (χ0) is 10.8. The number of rotatable bonds is 3. The van der Waals surface area contributed by atoms with Gasteiger partial charge in [-0.25, -0.2) is 4.98 Å². The lowest BCUT2D eigenvalue weighted by Gasteiger charge is -2.21. The van der Waals surface area contributed by atoms with E-state index in [0.29, 0.717) is 5.69 Å². The van der Waals surface area contributed by atoms with E-state index in [1.165, 1.54) is 11.3 Å². The van der Waals surface area contributed by atoms with Crippen molar-refractivity contribution in [1.82, 2.24) is 9.88 Å². The maximum absolute atomic E-state index is 11.2. The number of nitrogens with zero attached hydrogens (tertiary/aromatic N) is 2. The summed E-state index contributed by atoms with van der Waals surface area (Å²) in [7, 11) is 0. The first kappa shape index (κ1) is 10.6. The molecule has 1 atom stereocenters.